The van der Waals surface area contributed by atoms with Crippen LogP contribution in [0.2, 0.25) is 5.15 Å². The minimum Gasteiger partial charge on any atom is -0.373 e. The van der Waals surface area contributed by atoms with Crippen molar-refractivity contribution in [1.82, 2.24) is 4.98 Å². The molecule has 1 aromatic rings. The molecular formula is C11H15ClN2O. The van der Waals surface area contributed by atoms with Crippen LogP contribution in [0.1, 0.15) is 19.8 Å². The number of nitrogens with zero attached hydrogens (tertiary/aromatic N) is 1. The fourth-order valence-electron chi connectivity index (χ4n) is 1.76. The van der Waals surface area contributed by atoms with Crippen molar-refractivity contribution in [3.63, 3.8) is 0 Å². The van der Waals surface area contributed by atoms with E-state index in [1.165, 1.54) is 0 Å². The van der Waals surface area contributed by atoms with Gasteiger partial charge in [-0.2, -0.15) is 0 Å². The van der Waals surface area contributed by atoms with Gasteiger partial charge in [-0.1, -0.05) is 17.7 Å². The van der Waals surface area contributed by atoms with E-state index < -0.39 is 0 Å². The first-order chi connectivity index (χ1) is 7.18. The highest BCUT2D eigenvalue weighted by molar-refractivity contribution is 6.29. The quantitative estimate of drug-likeness (QED) is 0.805. The summed E-state index contributed by atoms with van der Waals surface area (Å²) < 4.78 is 5.67. The molecule has 15 heavy (non-hydrogen) atoms. The SMILES string of the molecule is CC1(CNc2cccc(Cl)n2)CCCO1. The van der Waals surface area contributed by atoms with Crippen molar-refractivity contribution in [1.29, 1.82) is 0 Å². The zero-order valence-corrected chi connectivity index (χ0v) is 9.55. The molecule has 3 nitrogen and oxygen atoms in total. The Morgan fingerprint density at radius 2 is 2.47 bits per heavy atom. The zero-order valence-electron chi connectivity index (χ0n) is 8.79. The highest BCUT2D eigenvalue weighted by atomic mass is 35.5. The molecule has 0 amide bonds. The van der Waals surface area contributed by atoms with E-state index in [9.17, 15) is 0 Å². The van der Waals surface area contributed by atoms with Gasteiger partial charge in [-0.25, -0.2) is 4.98 Å². The van der Waals surface area contributed by atoms with Crippen molar-refractivity contribution >= 4 is 17.4 Å². The summed E-state index contributed by atoms with van der Waals surface area (Å²) in [6, 6.07) is 5.56. The maximum absolute atomic E-state index is 5.79. The minimum atomic E-state index is -0.0516. The van der Waals surface area contributed by atoms with E-state index in [1.54, 1.807) is 6.07 Å². The smallest absolute Gasteiger partial charge is 0.131 e. The standard InChI is InChI=1S/C11H15ClN2O/c1-11(6-3-7-15-11)8-13-10-5-2-4-9(12)14-10/h2,4-5H,3,6-8H2,1H3,(H,13,14). The molecular weight excluding hydrogens is 212 g/mol. The Balaban J connectivity index is 1.92. The van der Waals surface area contributed by atoms with Gasteiger partial charge in [-0.15, -0.1) is 0 Å². The Hall–Kier alpha value is -0.800. The molecule has 1 N–H and O–H groups in total. The number of anilines is 1. The molecule has 1 aliphatic heterocycles. The Labute approximate surface area is 94.8 Å². The minimum absolute atomic E-state index is 0.0516. The van der Waals surface area contributed by atoms with Crippen molar-refractivity contribution in [3.8, 4) is 0 Å². The molecule has 1 aromatic heterocycles. The number of hydrogen-bond donors (Lipinski definition) is 1. The lowest BCUT2D eigenvalue weighted by Gasteiger charge is -2.23. The Bertz CT molecular complexity index is 337. The van der Waals surface area contributed by atoms with E-state index in [2.05, 4.69) is 17.2 Å². The van der Waals surface area contributed by atoms with Gasteiger partial charge in [0.25, 0.3) is 0 Å². The maximum atomic E-state index is 5.79. The summed E-state index contributed by atoms with van der Waals surface area (Å²) in [7, 11) is 0. The molecule has 0 saturated carbocycles. The molecule has 0 aromatic carbocycles. The number of hydrogen-bond acceptors (Lipinski definition) is 3. The van der Waals surface area contributed by atoms with Gasteiger partial charge in [0, 0.05) is 13.2 Å². The number of nitrogens with one attached hydrogen (secondary N) is 1. The molecule has 2 rings (SSSR count). The molecule has 0 spiro atoms. The van der Waals surface area contributed by atoms with Crippen molar-refractivity contribution in [2.24, 2.45) is 0 Å². The first-order valence-electron chi connectivity index (χ1n) is 5.18. The van der Waals surface area contributed by atoms with E-state index in [1.807, 2.05) is 12.1 Å². The second kappa shape index (κ2) is 4.37. The average Bonchev–Trinajstić information content (AvgIpc) is 2.63. The summed E-state index contributed by atoms with van der Waals surface area (Å²) in [6.07, 6.45) is 2.24. The molecule has 1 atom stereocenters. The fraction of sp³-hybridized carbons (Fsp3) is 0.545. The number of pyridine rings is 1. The first kappa shape index (κ1) is 10.7. The van der Waals surface area contributed by atoms with E-state index in [0.717, 1.165) is 31.8 Å². The topological polar surface area (TPSA) is 34.2 Å². The summed E-state index contributed by atoms with van der Waals surface area (Å²) in [5.41, 5.74) is -0.0516. The highest BCUT2D eigenvalue weighted by Gasteiger charge is 2.29. The second-order valence-corrected chi connectivity index (χ2v) is 4.49. The van der Waals surface area contributed by atoms with Gasteiger partial charge in [0.1, 0.15) is 11.0 Å². The van der Waals surface area contributed by atoms with Crippen molar-refractivity contribution in [2.45, 2.75) is 25.4 Å². The summed E-state index contributed by atoms with van der Waals surface area (Å²) in [6.45, 7) is 3.76. The third-order valence-corrected chi connectivity index (χ3v) is 2.87. The maximum Gasteiger partial charge on any atom is 0.131 e. The van der Waals surface area contributed by atoms with Gasteiger partial charge >= 0.3 is 0 Å². The largest absolute Gasteiger partial charge is 0.373 e. The van der Waals surface area contributed by atoms with Crippen molar-refractivity contribution < 1.29 is 4.74 Å². The third kappa shape index (κ3) is 2.83. The lowest BCUT2D eigenvalue weighted by molar-refractivity contribution is 0.0315. The predicted molar refractivity (Wildman–Crippen MR) is 61.3 cm³/mol. The summed E-state index contributed by atoms with van der Waals surface area (Å²) in [5.74, 6) is 0.805. The van der Waals surface area contributed by atoms with E-state index >= 15 is 0 Å². The van der Waals surface area contributed by atoms with E-state index in [-0.39, 0.29) is 5.60 Å². The van der Waals surface area contributed by atoms with E-state index in [0.29, 0.717) is 5.15 Å². The van der Waals surface area contributed by atoms with Crippen LogP contribution in [0.5, 0.6) is 0 Å². The summed E-state index contributed by atoms with van der Waals surface area (Å²) in [4.78, 5) is 4.16. The Morgan fingerprint density at radius 3 is 3.13 bits per heavy atom. The van der Waals surface area contributed by atoms with Gasteiger partial charge in [-0.05, 0) is 31.9 Å². The summed E-state index contributed by atoms with van der Waals surface area (Å²) >= 11 is 5.79. The molecule has 2 heterocycles. The first-order valence-corrected chi connectivity index (χ1v) is 5.56. The van der Waals surface area contributed by atoms with E-state index in [4.69, 9.17) is 16.3 Å². The lowest BCUT2D eigenvalue weighted by atomic mass is 10.0. The highest BCUT2D eigenvalue weighted by Crippen LogP contribution is 2.25. The zero-order chi connectivity index (χ0) is 10.7. The van der Waals surface area contributed by atoms with Gasteiger partial charge in [0.2, 0.25) is 0 Å². The van der Waals surface area contributed by atoms with Crippen LogP contribution in [0.15, 0.2) is 18.2 Å². The van der Waals surface area contributed by atoms with Crippen LogP contribution < -0.4 is 5.32 Å². The van der Waals surface area contributed by atoms with Gasteiger partial charge in [0.15, 0.2) is 0 Å². The monoisotopic (exact) mass is 226 g/mol. The molecule has 0 radical (unpaired) electrons. The molecule has 0 bridgehead atoms. The predicted octanol–water partition coefficient (Wildman–Crippen LogP) is 2.72. The molecule has 82 valence electrons. The number of rotatable bonds is 3. The van der Waals surface area contributed by atoms with Crippen LogP contribution in [0, 0.1) is 0 Å². The Kier molecular flexibility index (Phi) is 3.12. The molecule has 1 saturated heterocycles. The van der Waals surface area contributed by atoms with Crippen molar-refractivity contribution in [3.05, 3.63) is 23.4 Å². The van der Waals surface area contributed by atoms with Gasteiger partial charge < -0.3 is 10.1 Å². The molecule has 0 aliphatic carbocycles. The van der Waals surface area contributed by atoms with Gasteiger partial charge in [0.05, 0.1) is 5.60 Å². The van der Waals surface area contributed by atoms with Crippen LogP contribution in [0.3, 0.4) is 0 Å². The van der Waals surface area contributed by atoms with Crippen LogP contribution in [0.4, 0.5) is 5.82 Å². The number of halogens is 1. The van der Waals surface area contributed by atoms with Gasteiger partial charge in [-0.3, -0.25) is 0 Å². The normalized spacial score (nSPS) is 25.5. The van der Waals surface area contributed by atoms with Crippen LogP contribution in [-0.2, 0) is 4.74 Å². The van der Waals surface area contributed by atoms with Crippen LogP contribution in [0.25, 0.3) is 0 Å². The lowest BCUT2D eigenvalue weighted by Crippen LogP contribution is -2.32. The van der Waals surface area contributed by atoms with Crippen LogP contribution in [-0.4, -0.2) is 23.7 Å². The third-order valence-electron chi connectivity index (χ3n) is 2.66. The second-order valence-electron chi connectivity index (χ2n) is 4.10. The van der Waals surface area contributed by atoms with Crippen molar-refractivity contribution in [2.75, 3.05) is 18.5 Å². The molecule has 4 heteroatoms. The molecule has 1 aliphatic rings. The summed E-state index contributed by atoms with van der Waals surface area (Å²) in [5, 5.41) is 3.76. The average molecular weight is 227 g/mol. The van der Waals surface area contributed by atoms with Crippen LogP contribution >= 0.6 is 11.6 Å². The number of ether oxygens (including phenoxy) is 1. The number of aromatic nitrogens is 1. The molecule has 1 unspecified atom stereocenters. The Morgan fingerprint density at radius 1 is 1.60 bits per heavy atom. The molecule has 1 fully saturated rings. The fourth-order valence-corrected chi connectivity index (χ4v) is 1.92.